The quantitative estimate of drug-likeness (QED) is 0.772. The van der Waals surface area contributed by atoms with Gasteiger partial charge in [0.05, 0.1) is 5.56 Å². The predicted octanol–water partition coefficient (Wildman–Crippen LogP) is 2.06. The molecule has 4 heteroatoms. The van der Waals surface area contributed by atoms with Gasteiger partial charge in [-0.3, -0.25) is 9.59 Å². The Morgan fingerprint density at radius 3 is 2.35 bits per heavy atom. The Labute approximate surface area is 120 Å². The second kappa shape index (κ2) is 6.66. The molecule has 1 heterocycles. The SMILES string of the molecule is CC(=O)c1ccccc1C(=O)N(C)CCN1CCCC1. The number of rotatable bonds is 5. The second-order valence-corrected chi connectivity index (χ2v) is 5.38. The number of amides is 1. The molecule has 0 N–H and O–H groups in total. The van der Waals surface area contributed by atoms with Crippen molar-refractivity contribution < 1.29 is 9.59 Å². The van der Waals surface area contributed by atoms with Gasteiger partial charge in [0.2, 0.25) is 0 Å². The van der Waals surface area contributed by atoms with Crippen molar-refractivity contribution in [3.8, 4) is 0 Å². The normalized spacial score (nSPS) is 15.3. The summed E-state index contributed by atoms with van der Waals surface area (Å²) in [4.78, 5) is 28.1. The van der Waals surface area contributed by atoms with Crippen molar-refractivity contribution in [1.82, 2.24) is 9.80 Å². The summed E-state index contributed by atoms with van der Waals surface area (Å²) < 4.78 is 0. The van der Waals surface area contributed by atoms with Crippen LogP contribution in [0.15, 0.2) is 24.3 Å². The summed E-state index contributed by atoms with van der Waals surface area (Å²) >= 11 is 0. The third kappa shape index (κ3) is 3.45. The van der Waals surface area contributed by atoms with Crippen LogP contribution in [-0.4, -0.2) is 54.7 Å². The molecule has 1 aromatic carbocycles. The van der Waals surface area contributed by atoms with E-state index in [-0.39, 0.29) is 11.7 Å². The van der Waals surface area contributed by atoms with Crippen LogP contribution in [0.5, 0.6) is 0 Å². The minimum Gasteiger partial charge on any atom is -0.340 e. The summed E-state index contributed by atoms with van der Waals surface area (Å²) in [6, 6.07) is 7.03. The minimum absolute atomic E-state index is 0.0677. The number of benzene rings is 1. The monoisotopic (exact) mass is 274 g/mol. The van der Waals surface area contributed by atoms with Gasteiger partial charge in [-0.25, -0.2) is 0 Å². The molecule has 0 spiro atoms. The molecular formula is C16H22N2O2. The van der Waals surface area contributed by atoms with Gasteiger partial charge in [0, 0.05) is 25.7 Å². The largest absolute Gasteiger partial charge is 0.340 e. The first-order chi connectivity index (χ1) is 9.59. The smallest absolute Gasteiger partial charge is 0.254 e. The highest BCUT2D eigenvalue weighted by Gasteiger charge is 2.18. The van der Waals surface area contributed by atoms with Crippen LogP contribution in [0.3, 0.4) is 0 Å². The molecule has 1 aromatic rings. The number of hydrogen-bond donors (Lipinski definition) is 0. The standard InChI is InChI=1S/C16H22N2O2/c1-13(19)14-7-3-4-8-15(14)16(20)17(2)11-12-18-9-5-6-10-18/h3-4,7-8H,5-6,9-12H2,1-2H3. The van der Waals surface area contributed by atoms with Crippen LogP contribution in [0, 0.1) is 0 Å². The van der Waals surface area contributed by atoms with E-state index in [0.29, 0.717) is 17.7 Å². The fraction of sp³-hybridized carbons (Fsp3) is 0.500. The first kappa shape index (κ1) is 14.7. The Balaban J connectivity index is 2.00. The zero-order chi connectivity index (χ0) is 14.5. The Morgan fingerprint density at radius 1 is 1.15 bits per heavy atom. The number of ketones is 1. The van der Waals surface area contributed by atoms with Crippen molar-refractivity contribution in [3.05, 3.63) is 35.4 Å². The fourth-order valence-corrected chi connectivity index (χ4v) is 2.58. The van der Waals surface area contributed by atoms with Crippen molar-refractivity contribution in [1.29, 1.82) is 0 Å². The Morgan fingerprint density at radius 2 is 1.75 bits per heavy atom. The molecule has 20 heavy (non-hydrogen) atoms. The number of likely N-dealkylation sites (tertiary alicyclic amines) is 1. The van der Waals surface area contributed by atoms with Crippen LogP contribution in [0.2, 0.25) is 0 Å². The van der Waals surface area contributed by atoms with E-state index >= 15 is 0 Å². The molecule has 1 fully saturated rings. The number of Topliss-reactive ketones (excluding diaryl/α,β-unsaturated/α-hetero) is 1. The van der Waals surface area contributed by atoms with E-state index < -0.39 is 0 Å². The van der Waals surface area contributed by atoms with Crippen LogP contribution in [0.25, 0.3) is 0 Å². The number of likely N-dealkylation sites (N-methyl/N-ethyl adjacent to an activating group) is 1. The maximum atomic E-state index is 12.4. The van der Waals surface area contributed by atoms with Crippen LogP contribution < -0.4 is 0 Å². The number of carbonyl (C=O) groups excluding carboxylic acids is 2. The van der Waals surface area contributed by atoms with Gasteiger partial charge in [-0.2, -0.15) is 0 Å². The summed E-state index contributed by atoms with van der Waals surface area (Å²) in [7, 11) is 1.80. The van der Waals surface area contributed by atoms with Gasteiger partial charge in [-0.1, -0.05) is 18.2 Å². The first-order valence-electron chi connectivity index (χ1n) is 7.17. The lowest BCUT2D eigenvalue weighted by atomic mass is 10.0. The molecule has 2 rings (SSSR count). The molecule has 0 atom stereocenters. The highest BCUT2D eigenvalue weighted by Crippen LogP contribution is 2.12. The highest BCUT2D eigenvalue weighted by atomic mass is 16.2. The first-order valence-corrected chi connectivity index (χ1v) is 7.17. The van der Waals surface area contributed by atoms with Crippen molar-refractivity contribution in [2.75, 3.05) is 33.2 Å². The summed E-state index contributed by atoms with van der Waals surface area (Å²) in [5.41, 5.74) is 1.01. The maximum absolute atomic E-state index is 12.4. The lowest BCUT2D eigenvalue weighted by molar-refractivity contribution is 0.0777. The third-order valence-electron chi connectivity index (χ3n) is 3.83. The van der Waals surface area contributed by atoms with Gasteiger partial charge in [-0.05, 0) is 38.9 Å². The Hall–Kier alpha value is -1.68. The fourth-order valence-electron chi connectivity index (χ4n) is 2.58. The molecule has 1 saturated heterocycles. The summed E-state index contributed by atoms with van der Waals surface area (Å²) in [5, 5.41) is 0. The minimum atomic E-state index is -0.0741. The van der Waals surface area contributed by atoms with Crippen LogP contribution in [0.4, 0.5) is 0 Å². The number of hydrogen-bond acceptors (Lipinski definition) is 3. The molecular weight excluding hydrogens is 252 g/mol. The average Bonchev–Trinajstić information content (AvgIpc) is 2.97. The van der Waals surface area contributed by atoms with Gasteiger partial charge in [0.25, 0.3) is 5.91 Å². The van der Waals surface area contributed by atoms with E-state index in [1.54, 1.807) is 36.2 Å². The highest BCUT2D eigenvalue weighted by molar-refractivity contribution is 6.07. The average molecular weight is 274 g/mol. The van der Waals surface area contributed by atoms with E-state index in [1.165, 1.54) is 19.8 Å². The van der Waals surface area contributed by atoms with E-state index in [4.69, 9.17) is 0 Å². The lowest BCUT2D eigenvalue weighted by Gasteiger charge is -2.22. The molecule has 108 valence electrons. The van der Waals surface area contributed by atoms with Crippen molar-refractivity contribution in [2.45, 2.75) is 19.8 Å². The molecule has 0 unspecified atom stereocenters. The zero-order valence-electron chi connectivity index (χ0n) is 12.3. The van der Waals surface area contributed by atoms with Gasteiger partial charge < -0.3 is 9.80 Å². The maximum Gasteiger partial charge on any atom is 0.254 e. The molecule has 0 aromatic heterocycles. The molecule has 1 aliphatic heterocycles. The van der Waals surface area contributed by atoms with Crippen molar-refractivity contribution in [2.24, 2.45) is 0 Å². The molecule has 1 aliphatic rings. The number of carbonyl (C=O) groups is 2. The second-order valence-electron chi connectivity index (χ2n) is 5.38. The molecule has 0 bridgehead atoms. The van der Waals surface area contributed by atoms with Crippen LogP contribution in [-0.2, 0) is 0 Å². The van der Waals surface area contributed by atoms with Gasteiger partial charge in [0.15, 0.2) is 5.78 Å². The Kier molecular flexibility index (Phi) is 4.90. The van der Waals surface area contributed by atoms with Gasteiger partial charge >= 0.3 is 0 Å². The van der Waals surface area contributed by atoms with Crippen molar-refractivity contribution in [3.63, 3.8) is 0 Å². The molecule has 1 amide bonds. The van der Waals surface area contributed by atoms with E-state index in [2.05, 4.69) is 4.90 Å². The summed E-state index contributed by atoms with van der Waals surface area (Å²) in [6.07, 6.45) is 2.51. The molecule has 0 saturated carbocycles. The predicted molar refractivity (Wildman–Crippen MR) is 79.1 cm³/mol. The summed E-state index contributed by atoms with van der Waals surface area (Å²) in [5.74, 6) is -0.142. The topological polar surface area (TPSA) is 40.6 Å². The zero-order valence-corrected chi connectivity index (χ0v) is 12.3. The molecule has 4 nitrogen and oxygen atoms in total. The lowest BCUT2D eigenvalue weighted by Crippen LogP contribution is -2.35. The van der Waals surface area contributed by atoms with Crippen LogP contribution in [0.1, 0.15) is 40.5 Å². The van der Waals surface area contributed by atoms with E-state index in [9.17, 15) is 9.59 Å². The summed E-state index contributed by atoms with van der Waals surface area (Å²) in [6.45, 7) is 5.37. The number of nitrogens with zero attached hydrogens (tertiary/aromatic N) is 2. The molecule has 0 aliphatic carbocycles. The van der Waals surface area contributed by atoms with Crippen molar-refractivity contribution >= 4 is 11.7 Å². The van der Waals surface area contributed by atoms with Crippen LogP contribution >= 0.6 is 0 Å². The van der Waals surface area contributed by atoms with E-state index in [0.717, 1.165) is 19.6 Å². The molecule has 0 radical (unpaired) electrons. The Bertz CT molecular complexity index is 493. The van der Waals surface area contributed by atoms with Gasteiger partial charge in [-0.15, -0.1) is 0 Å². The third-order valence-corrected chi connectivity index (χ3v) is 3.83. The van der Waals surface area contributed by atoms with E-state index in [1.807, 2.05) is 0 Å². The van der Waals surface area contributed by atoms with Gasteiger partial charge in [0.1, 0.15) is 0 Å².